The minimum atomic E-state index is -3.61. The second-order valence-corrected chi connectivity index (χ2v) is 5.88. The Morgan fingerprint density at radius 2 is 1.53 bits per heavy atom. The molecule has 0 atom stereocenters. The molecule has 0 spiro atoms. The first kappa shape index (κ1) is 13.9. The molecule has 0 heterocycles. The molecule has 1 saturated carbocycles. The van der Waals surface area contributed by atoms with Crippen molar-refractivity contribution in [1.82, 2.24) is 4.31 Å². The molecule has 0 bridgehead atoms. The number of nitrogens with zero attached hydrogens (tertiary/aromatic N) is 1. The molecule has 0 saturated heterocycles. The molecule has 0 aromatic rings. The fraction of sp³-hybridized carbons (Fsp3) is 0.778. The number of rotatable bonds is 6. The Morgan fingerprint density at radius 1 is 1.12 bits per heavy atom. The van der Waals surface area contributed by atoms with E-state index in [2.05, 4.69) is 9.47 Å². The number of hydrogen-bond donors (Lipinski definition) is 0. The van der Waals surface area contributed by atoms with E-state index in [9.17, 15) is 18.0 Å². The van der Waals surface area contributed by atoms with Crippen LogP contribution in [0.15, 0.2) is 0 Å². The molecule has 7 nitrogen and oxygen atoms in total. The van der Waals surface area contributed by atoms with Gasteiger partial charge in [0.1, 0.15) is 13.1 Å². The molecular formula is C9H15NO6S. The van der Waals surface area contributed by atoms with Gasteiger partial charge < -0.3 is 9.47 Å². The summed E-state index contributed by atoms with van der Waals surface area (Å²) in [6.07, 6.45) is 1.11. The highest BCUT2D eigenvalue weighted by Gasteiger charge is 2.41. The van der Waals surface area contributed by atoms with Crippen LogP contribution in [0.2, 0.25) is 0 Å². The smallest absolute Gasteiger partial charge is 0.321 e. The number of esters is 2. The molecule has 0 aromatic heterocycles. The van der Waals surface area contributed by atoms with Gasteiger partial charge in [0, 0.05) is 0 Å². The first-order valence-electron chi connectivity index (χ1n) is 5.04. The van der Waals surface area contributed by atoms with Crippen LogP contribution in [0.25, 0.3) is 0 Å². The molecule has 17 heavy (non-hydrogen) atoms. The highest BCUT2D eigenvalue weighted by Crippen LogP contribution is 2.30. The van der Waals surface area contributed by atoms with Crippen LogP contribution in [0.3, 0.4) is 0 Å². The predicted octanol–water partition coefficient (Wildman–Crippen LogP) is -0.873. The number of sulfonamides is 1. The van der Waals surface area contributed by atoms with Crippen molar-refractivity contribution in [2.45, 2.75) is 18.1 Å². The molecule has 8 heteroatoms. The van der Waals surface area contributed by atoms with Crippen LogP contribution in [-0.2, 0) is 29.1 Å². The Kier molecular flexibility index (Phi) is 4.47. The largest absolute Gasteiger partial charge is 0.468 e. The van der Waals surface area contributed by atoms with Crippen LogP contribution in [0.1, 0.15) is 12.8 Å². The van der Waals surface area contributed by atoms with E-state index in [1.165, 1.54) is 0 Å². The lowest BCUT2D eigenvalue weighted by molar-refractivity contribution is -0.143. The Hall–Kier alpha value is -1.15. The van der Waals surface area contributed by atoms with Crippen molar-refractivity contribution in [1.29, 1.82) is 0 Å². The van der Waals surface area contributed by atoms with Gasteiger partial charge in [-0.3, -0.25) is 9.59 Å². The van der Waals surface area contributed by atoms with E-state index in [1.807, 2.05) is 0 Å². The molecule has 1 aliphatic carbocycles. The van der Waals surface area contributed by atoms with Crippen molar-refractivity contribution in [3.63, 3.8) is 0 Å². The highest BCUT2D eigenvalue weighted by molar-refractivity contribution is 7.90. The summed E-state index contributed by atoms with van der Waals surface area (Å²) in [7, 11) is -1.30. The van der Waals surface area contributed by atoms with E-state index in [0.717, 1.165) is 18.5 Å². The number of carbonyl (C=O) groups is 2. The van der Waals surface area contributed by atoms with Crippen molar-refractivity contribution < 1.29 is 27.5 Å². The van der Waals surface area contributed by atoms with E-state index in [4.69, 9.17) is 0 Å². The minimum absolute atomic E-state index is 0.468. The molecule has 98 valence electrons. The summed E-state index contributed by atoms with van der Waals surface area (Å²) in [4.78, 5) is 22.2. The quantitative estimate of drug-likeness (QED) is 0.580. The Bertz CT molecular complexity index is 382. The van der Waals surface area contributed by atoms with Crippen LogP contribution in [0.4, 0.5) is 0 Å². The van der Waals surface area contributed by atoms with Crippen LogP contribution >= 0.6 is 0 Å². The monoisotopic (exact) mass is 265 g/mol. The van der Waals surface area contributed by atoms with Gasteiger partial charge >= 0.3 is 11.9 Å². The minimum Gasteiger partial charge on any atom is -0.468 e. The fourth-order valence-electron chi connectivity index (χ4n) is 1.23. The number of ether oxygens (including phenoxy) is 2. The van der Waals surface area contributed by atoms with Crippen molar-refractivity contribution in [3.05, 3.63) is 0 Å². The van der Waals surface area contributed by atoms with Gasteiger partial charge in [0.15, 0.2) is 0 Å². The molecule has 1 aliphatic rings. The van der Waals surface area contributed by atoms with Gasteiger partial charge in [-0.1, -0.05) is 0 Å². The van der Waals surface area contributed by atoms with Crippen LogP contribution in [-0.4, -0.2) is 57.2 Å². The van der Waals surface area contributed by atoms with Crippen LogP contribution in [0.5, 0.6) is 0 Å². The van der Waals surface area contributed by atoms with E-state index in [0.29, 0.717) is 12.8 Å². The third-order valence-electron chi connectivity index (χ3n) is 2.37. The molecule has 0 radical (unpaired) electrons. The molecule has 0 aromatic carbocycles. The van der Waals surface area contributed by atoms with Gasteiger partial charge in [-0.15, -0.1) is 0 Å². The molecule has 0 aliphatic heterocycles. The second kappa shape index (κ2) is 5.46. The predicted molar refractivity (Wildman–Crippen MR) is 57.5 cm³/mol. The van der Waals surface area contributed by atoms with Gasteiger partial charge in [0.05, 0.1) is 19.5 Å². The zero-order valence-electron chi connectivity index (χ0n) is 9.71. The molecule has 1 fully saturated rings. The topological polar surface area (TPSA) is 90.0 Å². The molecule has 1 rings (SSSR count). The zero-order valence-corrected chi connectivity index (χ0v) is 10.5. The maximum Gasteiger partial charge on any atom is 0.321 e. The lowest BCUT2D eigenvalue weighted by atomic mass is 10.6. The summed E-state index contributed by atoms with van der Waals surface area (Å²) in [6.45, 7) is -0.936. The Balaban J connectivity index is 2.77. The van der Waals surface area contributed by atoms with Crippen molar-refractivity contribution >= 4 is 22.0 Å². The first-order chi connectivity index (χ1) is 7.91. The number of methoxy groups -OCH3 is 2. The Labute approximate surface area is 99.7 Å². The Morgan fingerprint density at radius 3 is 1.82 bits per heavy atom. The first-order valence-corrected chi connectivity index (χ1v) is 6.54. The van der Waals surface area contributed by atoms with Crippen molar-refractivity contribution in [3.8, 4) is 0 Å². The fourth-order valence-corrected chi connectivity index (χ4v) is 2.95. The van der Waals surface area contributed by atoms with E-state index in [1.54, 1.807) is 0 Å². The average molecular weight is 265 g/mol. The maximum absolute atomic E-state index is 11.9. The van der Waals surface area contributed by atoms with Crippen LogP contribution in [0, 0.1) is 0 Å². The van der Waals surface area contributed by atoms with E-state index in [-0.39, 0.29) is 0 Å². The summed E-state index contributed by atoms with van der Waals surface area (Å²) in [5.74, 6) is -1.42. The van der Waals surface area contributed by atoms with Crippen LogP contribution < -0.4 is 0 Å². The lowest BCUT2D eigenvalue weighted by Crippen LogP contribution is -2.41. The van der Waals surface area contributed by atoms with Gasteiger partial charge in [-0.05, 0) is 12.8 Å². The molecule has 0 unspecified atom stereocenters. The van der Waals surface area contributed by atoms with E-state index < -0.39 is 40.3 Å². The molecule has 0 amide bonds. The highest BCUT2D eigenvalue weighted by atomic mass is 32.2. The third-order valence-corrected chi connectivity index (χ3v) is 4.66. The number of hydrogen-bond acceptors (Lipinski definition) is 6. The number of carbonyl (C=O) groups excluding carboxylic acids is 2. The maximum atomic E-state index is 11.9. The zero-order chi connectivity index (χ0) is 13.1. The summed E-state index contributed by atoms with van der Waals surface area (Å²) in [5.41, 5.74) is 0. The van der Waals surface area contributed by atoms with Crippen molar-refractivity contribution in [2.24, 2.45) is 0 Å². The van der Waals surface area contributed by atoms with E-state index >= 15 is 0 Å². The summed E-state index contributed by atoms with van der Waals surface area (Å²) >= 11 is 0. The third kappa shape index (κ3) is 3.67. The summed E-state index contributed by atoms with van der Waals surface area (Å²) in [5, 5.41) is -0.489. The molecule has 0 N–H and O–H groups in total. The second-order valence-electron chi connectivity index (χ2n) is 3.66. The van der Waals surface area contributed by atoms with Crippen molar-refractivity contribution in [2.75, 3.05) is 27.3 Å². The van der Waals surface area contributed by atoms with Gasteiger partial charge in [-0.25, -0.2) is 8.42 Å². The molecular weight excluding hydrogens is 250 g/mol. The standard InChI is InChI=1S/C9H15NO6S/c1-15-8(11)5-10(6-9(12)16-2)17(13,14)7-3-4-7/h7H,3-6H2,1-2H3. The normalized spacial score (nSPS) is 15.7. The summed E-state index contributed by atoms with van der Waals surface area (Å²) < 4.78 is 33.4. The average Bonchev–Trinajstić information content (AvgIpc) is 3.11. The summed E-state index contributed by atoms with van der Waals surface area (Å²) in [6, 6.07) is 0. The SMILES string of the molecule is COC(=O)CN(CC(=O)OC)S(=O)(=O)C1CC1. The van der Waals surface area contributed by atoms with Gasteiger partial charge in [-0.2, -0.15) is 4.31 Å². The van der Waals surface area contributed by atoms with Gasteiger partial charge in [0.25, 0.3) is 0 Å². The van der Waals surface area contributed by atoms with Gasteiger partial charge in [0.2, 0.25) is 10.0 Å². The lowest BCUT2D eigenvalue weighted by Gasteiger charge is -2.19.